The van der Waals surface area contributed by atoms with Crippen LogP contribution in [0.25, 0.3) is 0 Å². The molecule has 0 unspecified atom stereocenters. The van der Waals surface area contributed by atoms with Crippen molar-refractivity contribution in [1.29, 1.82) is 0 Å². The highest BCUT2D eigenvalue weighted by Crippen LogP contribution is 2.10. The molecule has 0 spiro atoms. The van der Waals surface area contributed by atoms with Crippen molar-refractivity contribution in [1.82, 2.24) is 10.2 Å². The predicted octanol–water partition coefficient (Wildman–Crippen LogP) is -0.208. The van der Waals surface area contributed by atoms with Crippen molar-refractivity contribution in [2.24, 2.45) is 0 Å². The Balaban J connectivity index is 1.73. The summed E-state index contributed by atoms with van der Waals surface area (Å²) in [4.78, 5) is 14.6. The monoisotopic (exact) mass is 270 g/mol. The van der Waals surface area contributed by atoms with E-state index in [-0.39, 0.29) is 12.5 Å². The van der Waals surface area contributed by atoms with Gasteiger partial charge in [0, 0.05) is 24.4 Å². The third kappa shape index (κ3) is 4.06. The SMILES string of the molecule is O=C(CN1C[C@H](O)C[C@@H](O)C1)NCc1cccs1. The number of β-amino-alcohol motifs (C(OH)–C–C–N with tert-alkyl or cyclic N) is 2. The number of nitrogens with one attached hydrogen (secondary N) is 1. The number of piperidine rings is 1. The zero-order valence-corrected chi connectivity index (χ0v) is 10.9. The smallest absolute Gasteiger partial charge is 0.234 e. The van der Waals surface area contributed by atoms with Crippen molar-refractivity contribution in [3.8, 4) is 0 Å². The average Bonchev–Trinajstić information content (AvgIpc) is 2.77. The molecule has 0 aliphatic carbocycles. The number of aliphatic hydroxyl groups excluding tert-OH is 2. The largest absolute Gasteiger partial charge is 0.392 e. The van der Waals surface area contributed by atoms with E-state index < -0.39 is 12.2 Å². The molecule has 0 saturated carbocycles. The van der Waals surface area contributed by atoms with Gasteiger partial charge in [0.15, 0.2) is 0 Å². The summed E-state index contributed by atoms with van der Waals surface area (Å²) in [5, 5.41) is 23.8. The minimum Gasteiger partial charge on any atom is -0.392 e. The van der Waals surface area contributed by atoms with Crippen molar-refractivity contribution < 1.29 is 15.0 Å². The standard InChI is InChI=1S/C12H18N2O3S/c15-9-4-10(16)7-14(6-9)8-12(17)13-5-11-2-1-3-18-11/h1-3,9-10,15-16H,4-8H2,(H,13,17)/t9-,10-/m1/s1. The number of rotatable bonds is 4. The van der Waals surface area contributed by atoms with Crippen molar-refractivity contribution in [2.75, 3.05) is 19.6 Å². The Morgan fingerprint density at radius 3 is 2.78 bits per heavy atom. The first-order valence-corrected chi connectivity index (χ1v) is 6.89. The summed E-state index contributed by atoms with van der Waals surface area (Å²) >= 11 is 1.60. The first-order chi connectivity index (χ1) is 8.63. The van der Waals surface area contributed by atoms with Crippen LogP contribution in [-0.4, -0.2) is 52.9 Å². The Bertz CT molecular complexity index is 373. The highest BCUT2D eigenvalue weighted by molar-refractivity contribution is 7.09. The molecule has 0 aromatic carbocycles. The molecule has 2 rings (SSSR count). The van der Waals surface area contributed by atoms with E-state index in [0.29, 0.717) is 26.1 Å². The summed E-state index contributed by atoms with van der Waals surface area (Å²) in [5.41, 5.74) is 0. The highest BCUT2D eigenvalue weighted by Gasteiger charge is 2.25. The molecule has 2 heterocycles. The van der Waals surface area contributed by atoms with E-state index in [1.807, 2.05) is 17.5 Å². The molecule has 2 atom stereocenters. The van der Waals surface area contributed by atoms with Crippen LogP contribution in [-0.2, 0) is 11.3 Å². The molecule has 5 nitrogen and oxygen atoms in total. The third-order valence-corrected chi connectivity index (χ3v) is 3.77. The second-order valence-corrected chi connectivity index (χ2v) is 5.63. The van der Waals surface area contributed by atoms with Gasteiger partial charge in [0.2, 0.25) is 5.91 Å². The minimum atomic E-state index is -0.543. The Hall–Kier alpha value is -0.950. The van der Waals surface area contributed by atoms with Gasteiger partial charge in [-0.1, -0.05) is 6.07 Å². The maximum atomic E-state index is 11.7. The summed E-state index contributed by atoms with van der Waals surface area (Å²) in [6, 6.07) is 3.92. The number of likely N-dealkylation sites (tertiary alicyclic amines) is 1. The van der Waals surface area contributed by atoms with Crippen LogP contribution in [0.3, 0.4) is 0 Å². The number of amides is 1. The zero-order chi connectivity index (χ0) is 13.0. The first kappa shape index (κ1) is 13.5. The molecule has 1 saturated heterocycles. The number of carbonyl (C=O) groups is 1. The first-order valence-electron chi connectivity index (χ1n) is 6.01. The zero-order valence-electron chi connectivity index (χ0n) is 10.1. The Morgan fingerprint density at radius 2 is 2.17 bits per heavy atom. The van der Waals surface area contributed by atoms with Gasteiger partial charge in [-0.25, -0.2) is 0 Å². The maximum absolute atomic E-state index is 11.7. The number of hydrogen-bond acceptors (Lipinski definition) is 5. The van der Waals surface area contributed by atoms with E-state index in [0.717, 1.165) is 4.88 Å². The Kier molecular flexibility index (Phi) is 4.71. The number of thiophene rings is 1. The summed E-state index contributed by atoms with van der Waals surface area (Å²) < 4.78 is 0. The molecule has 18 heavy (non-hydrogen) atoms. The maximum Gasteiger partial charge on any atom is 0.234 e. The van der Waals surface area contributed by atoms with Crippen LogP contribution in [0, 0.1) is 0 Å². The van der Waals surface area contributed by atoms with Gasteiger partial charge < -0.3 is 15.5 Å². The molecule has 1 aliphatic heterocycles. The van der Waals surface area contributed by atoms with Crippen LogP contribution in [0.5, 0.6) is 0 Å². The lowest BCUT2D eigenvalue weighted by molar-refractivity contribution is -0.123. The lowest BCUT2D eigenvalue weighted by Gasteiger charge is -2.32. The number of aliphatic hydroxyl groups is 2. The molecule has 1 aromatic heterocycles. The van der Waals surface area contributed by atoms with E-state index in [1.165, 1.54) is 0 Å². The second kappa shape index (κ2) is 6.29. The van der Waals surface area contributed by atoms with Crippen LogP contribution in [0.1, 0.15) is 11.3 Å². The van der Waals surface area contributed by atoms with Crippen LogP contribution in [0.2, 0.25) is 0 Å². The van der Waals surface area contributed by atoms with Crippen molar-refractivity contribution >= 4 is 17.2 Å². The van der Waals surface area contributed by atoms with Gasteiger partial charge in [-0.2, -0.15) is 0 Å². The number of nitrogens with zero attached hydrogens (tertiary/aromatic N) is 1. The summed E-state index contributed by atoms with van der Waals surface area (Å²) in [5.74, 6) is -0.0790. The van der Waals surface area contributed by atoms with Crippen molar-refractivity contribution in [2.45, 2.75) is 25.2 Å². The van der Waals surface area contributed by atoms with Gasteiger partial charge in [-0.05, 0) is 11.4 Å². The van der Waals surface area contributed by atoms with Crippen molar-refractivity contribution in [3.63, 3.8) is 0 Å². The van der Waals surface area contributed by atoms with Crippen molar-refractivity contribution in [3.05, 3.63) is 22.4 Å². The van der Waals surface area contributed by atoms with E-state index in [2.05, 4.69) is 5.32 Å². The predicted molar refractivity (Wildman–Crippen MR) is 69.2 cm³/mol. The molecule has 1 aromatic rings. The van der Waals surface area contributed by atoms with E-state index >= 15 is 0 Å². The lowest BCUT2D eigenvalue weighted by atomic mass is 10.1. The molecule has 0 radical (unpaired) electrons. The summed E-state index contributed by atoms with van der Waals surface area (Å²) in [7, 11) is 0. The molecular formula is C12H18N2O3S. The van der Waals surface area contributed by atoms with Crippen LogP contribution < -0.4 is 5.32 Å². The quantitative estimate of drug-likeness (QED) is 0.708. The van der Waals surface area contributed by atoms with Gasteiger partial charge in [0.25, 0.3) is 0 Å². The van der Waals surface area contributed by atoms with Crippen LogP contribution in [0.4, 0.5) is 0 Å². The van der Waals surface area contributed by atoms with Crippen LogP contribution >= 0.6 is 11.3 Å². The van der Waals surface area contributed by atoms with Gasteiger partial charge >= 0.3 is 0 Å². The van der Waals surface area contributed by atoms with Gasteiger partial charge in [0.05, 0.1) is 25.3 Å². The number of carbonyl (C=O) groups excluding carboxylic acids is 1. The number of hydrogen-bond donors (Lipinski definition) is 3. The normalized spacial score (nSPS) is 25.0. The fraction of sp³-hybridized carbons (Fsp3) is 0.583. The molecule has 1 amide bonds. The van der Waals surface area contributed by atoms with Crippen LogP contribution in [0.15, 0.2) is 17.5 Å². The molecule has 3 N–H and O–H groups in total. The second-order valence-electron chi connectivity index (χ2n) is 4.59. The lowest BCUT2D eigenvalue weighted by Crippen LogP contribution is -2.49. The van der Waals surface area contributed by atoms with Gasteiger partial charge in [-0.15, -0.1) is 11.3 Å². The van der Waals surface area contributed by atoms with E-state index in [4.69, 9.17) is 0 Å². The molecule has 6 heteroatoms. The summed E-state index contributed by atoms with van der Waals surface area (Å²) in [6.07, 6.45) is -0.689. The molecule has 100 valence electrons. The molecular weight excluding hydrogens is 252 g/mol. The Morgan fingerprint density at radius 1 is 1.44 bits per heavy atom. The highest BCUT2D eigenvalue weighted by atomic mass is 32.1. The van der Waals surface area contributed by atoms with E-state index in [1.54, 1.807) is 16.2 Å². The fourth-order valence-electron chi connectivity index (χ4n) is 2.12. The third-order valence-electron chi connectivity index (χ3n) is 2.89. The molecule has 1 aliphatic rings. The van der Waals surface area contributed by atoms with Gasteiger partial charge in [-0.3, -0.25) is 9.69 Å². The molecule has 0 bridgehead atoms. The summed E-state index contributed by atoms with van der Waals surface area (Å²) in [6.45, 7) is 1.65. The van der Waals surface area contributed by atoms with Gasteiger partial charge in [0.1, 0.15) is 0 Å². The molecule has 1 fully saturated rings. The Labute approximate surface area is 110 Å². The topological polar surface area (TPSA) is 72.8 Å². The average molecular weight is 270 g/mol. The minimum absolute atomic E-state index is 0.0790. The van der Waals surface area contributed by atoms with E-state index in [9.17, 15) is 15.0 Å². The fourth-order valence-corrected chi connectivity index (χ4v) is 2.77.